The monoisotopic (exact) mass is 370 g/mol. The fraction of sp³-hybridized carbons (Fsp3) is 0.105. The third-order valence-corrected chi connectivity index (χ3v) is 3.39. The van der Waals surface area contributed by atoms with Crippen LogP contribution in [-0.2, 0) is 0 Å². The van der Waals surface area contributed by atoms with E-state index >= 15 is 0 Å². The Bertz CT molecular complexity index is 922. The van der Waals surface area contributed by atoms with Crippen LogP contribution >= 0.6 is 11.6 Å². The highest BCUT2D eigenvalue weighted by Crippen LogP contribution is 2.24. The fourth-order valence-electron chi connectivity index (χ4n) is 2.09. The highest BCUT2D eigenvalue weighted by molar-refractivity contribution is 6.30. The second-order valence-electron chi connectivity index (χ2n) is 5.09. The summed E-state index contributed by atoms with van der Waals surface area (Å²) in [6.07, 6.45) is 6.27. The van der Waals surface area contributed by atoms with Crippen LogP contribution in [0.5, 0.6) is 11.6 Å². The van der Waals surface area contributed by atoms with E-state index in [1.54, 1.807) is 13.0 Å². The molecule has 0 spiro atoms. The third-order valence-electron chi connectivity index (χ3n) is 3.19. The smallest absolute Gasteiger partial charge is 0.385 e. The van der Waals surface area contributed by atoms with Crippen molar-refractivity contribution in [3.8, 4) is 11.6 Å². The standard InChI is InChI=1S/C19H15ClN2O4/c1-2-24-18-17(19(23)25-15-10-14(20)11-21-12-15)26-16(22-18)9-8-13-6-4-3-5-7-13/h3-12H,2H2,1H3/b9-8+. The van der Waals surface area contributed by atoms with Crippen molar-refractivity contribution in [1.29, 1.82) is 0 Å². The highest BCUT2D eigenvalue weighted by Gasteiger charge is 2.23. The Balaban J connectivity index is 1.82. The average molecular weight is 371 g/mol. The first-order valence-electron chi connectivity index (χ1n) is 7.85. The van der Waals surface area contributed by atoms with E-state index in [0.717, 1.165) is 5.56 Å². The Kier molecular flexibility index (Phi) is 5.66. The molecule has 0 aliphatic heterocycles. The molecular formula is C19H15ClN2O4. The van der Waals surface area contributed by atoms with Gasteiger partial charge in [-0.05, 0) is 18.6 Å². The van der Waals surface area contributed by atoms with E-state index in [0.29, 0.717) is 11.6 Å². The molecule has 0 bridgehead atoms. The molecule has 0 atom stereocenters. The van der Waals surface area contributed by atoms with E-state index in [1.807, 2.05) is 36.4 Å². The van der Waals surface area contributed by atoms with E-state index in [1.165, 1.54) is 18.5 Å². The molecule has 0 amide bonds. The van der Waals surface area contributed by atoms with Crippen molar-refractivity contribution in [2.75, 3.05) is 6.61 Å². The van der Waals surface area contributed by atoms with Crippen LogP contribution in [0.3, 0.4) is 0 Å². The predicted octanol–water partition coefficient (Wildman–Crippen LogP) is 4.51. The van der Waals surface area contributed by atoms with E-state index in [4.69, 9.17) is 25.5 Å². The van der Waals surface area contributed by atoms with Crippen molar-refractivity contribution in [2.24, 2.45) is 0 Å². The second-order valence-corrected chi connectivity index (χ2v) is 5.53. The van der Waals surface area contributed by atoms with Gasteiger partial charge in [-0.1, -0.05) is 41.9 Å². The van der Waals surface area contributed by atoms with E-state index in [2.05, 4.69) is 9.97 Å². The lowest BCUT2D eigenvalue weighted by molar-refractivity contribution is 0.0694. The zero-order valence-corrected chi connectivity index (χ0v) is 14.6. The van der Waals surface area contributed by atoms with E-state index in [9.17, 15) is 4.79 Å². The summed E-state index contributed by atoms with van der Waals surface area (Å²) in [5, 5.41) is 0.351. The first kappa shape index (κ1) is 17.7. The quantitative estimate of drug-likeness (QED) is 0.594. The van der Waals surface area contributed by atoms with Gasteiger partial charge in [0.1, 0.15) is 0 Å². The SMILES string of the molecule is CCOc1nc(/C=C/c2ccccc2)oc1C(=O)Oc1cncc(Cl)c1. The van der Waals surface area contributed by atoms with Gasteiger partial charge in [-0.15, -0.1) is 0 Å². The van der Waals surface area contributed by atoms with Gasteiger partial charge < -0.3 is 13.9 Å². The zero-order valence-electron chi connectivity index (χ0n) is 13.9. The summed E-state index contributed by atoms with van der Waals surface area (Å²) < 4.78 is 16.1. The largest absolute Gasteiger partial charge is 0.475 e. The summed E-state index contributed by atoms with van der Waals surface area (Å²) in [4.78, 5) is 20.4. The van der Waals surface area contributed by atoms with Crippen molar-refractivity contribution in [3.05, 3.63) is 71.0 Å². The lowest BCUT2D eigenvalue weighted by Crippen LogP contribution is -2.09. The van der Waals surface area contributed by atoms with Gasteiger partial charge in [-0.25, -0.2) is 4.79 Å². The Hall–Kier alpha value is -3.12. The molecule has 0 saturated carbocycles. The summed E-state index contributed by atoms with van der Waals surface area (Å²) >= 11 is 5.84. The average Bonchev–Trinajstić information content (AvgIpc) is 3.04. The number of hydrogen-bond donors (Lipinski definition) is 0. The molecule has 6 nitrogen and oxygen atoms in total. The predicted molar refractivity (Wildman–Crippen MR) is 97.2 cm³/mol. The maximum absolute atomic E-state index is 12.4. The molecule has 0 saturated heterocycles. The number of carbonyl (C=O) groups is 1. The van der Waals surface area contributed by atoms with Crippen molar-refractivity contribution >= 4 is 29.7 Å². The molecule has 7 heteroatoms. The Labute approximate surface area is 155 Å². The van der Waals surface area contributed by atoms with E-state index < -0.39 is 5.97 Å². The van der Waals surface area contributed by atoms with Crippen LogP contribution in [0.2, 0.25) is 5.02 Å². The van der Waals surface area contributed by atoms with Gasteiger partial charge in [0.15, 0.2) is 5.75 Å². The zero-order chi connectivity index (χ0) is 18.4. The van der Waals surface area contributed by atoms with Gasteiger partial charge in [-0.3, -0.25) is 4.98 Å². The molecule has 0 radical (unpaired) electrons. The number of pyridine rings is 1. The van der Waals surface area contributed by atoms with Crippen LogP contribution in [-0.4, -0.2) is 22.5 Å². The van der Waals surface area contributed by atoms with Gasteiger partial charge >= 0.3 is 5.97 Å². The number of aromatic nitrogens is 2. The van der Waals surface area contributed by atoms with Gasteiger partial charge in [0.2, 0.25) is 5.89 Å². The topological polar surface area (TPSA) is 74.5 Å². The number of rotatable bonds is 6. The number of oxazole rings is 1. The molecule has 0 aliphatic carbocycles. The Morgan fingerprint density at radius 1 is 1.23 bits per heavy atom. The molecular weight excluding hydrogens is 356 g/mol. The number of hydrogen-bond acceptors (Lipinski definition) is 6. The molecule has 0 aliphatic rings. The second kappa shape index (κ2) is 8.31. The number of benzene rings is 1. The molecule has 2 aromatic heterocycles. The third kappa shape index (κ3) is 4.49. The van der Waals surface area contributed by atoms with Crippen molar-refractivity contribution in [3.63, 3.8) is 0 Å². The Morgan fingerprint density at radius 2 is 2.04 bits per heavy atom. The molecule has 0 N–H and O–H groups in total. The maximum atomic E-state index is 12.4. The van der Waals surface area contributed by atoms with Crippen LogP contribution in [0.4, 0.5) is 0 Å². The number of nitrogens with zero attached hydrogens (tertiary/aromatic N) is 2. The molecule has 2 heterocycles. The number of carbonyl (C=O) groups excluding carboxylic acids is 1. The minimum absolute atomic E-state index is 0.0696. The molecule has 0 unspecified atom stereocenters. The molecule has 3 rings (SSSR count). The summed E-state index contributed by atoms with van der Waals surface area (Å²) in [5.41, 5.74) is 0.970. The van der Waals surface area contributed by atoms with Crippen LogP contribution in [0.15, 0.2) is 53.2 Å². The van der Waals surface area contributed by atoms with Gasteiger partial charge in [0.25, 0.3) is 11.6 Å². The summed E-state index contributed by atoms with van der Waals surface area (Å²) in [7, 11) is 0. The van der Waals surface area contributed by atoms with Crippen LogP contribution in [0.25, 0.3) is 12.2 Å². The first-order valence-corrected chi connectivity index (χ1v) is 8.23. The molecule has 0 fully saturated rings. The molecule has 26 heavy (non-hydrogen) atoms. The van der Waals surface area contributed by atoms with Crippen molar-refractivity contribution in [1.82, 2.24) is 9.97 Å². The first-order chi connectivity index (χ1) is 12.7. The number of esters is 1. The number of halogens is 1. The van der Waals surface area contributed by atoms with Crippen LogP contribution in [0.1, 0.15) is 28.9 Å². The summed E-state index contributed by atoms with van der Waals surface area (Å²) in [6.45, 7) is 2.11. The van der Waals surface area contributed by atoms with Gasteiger partial charge in [0, 0.05) is 18.3 Å². The summed E-state index contributed by atoms with van der Waals surface area (Å²) in [5.74, 6) is -0.375. The van der Waals surface area contributed by atoms with Crippen molar-refractivity contribution < 1.29 is 18.7 Å². The van der Waals surface area contributed by atoms with E-state index in [-0.39, 0.29) is 23.3 Å². The minimum Gasteiger partial charge on any atom is -0.475 e. The lowest BCUT2D eigenvalue weighted by atomic mass is 10.2. The Morgan fingerprint density at radius 3 is 2.77 bits per heavy atom. The molecule has 132 valence electrons. The molecule has 1 aromatic carbocycles. The van der Waals surface area contributed by atoms with Crippen LogP contribution in [0, 0.1) is 0 Å². The summed E-state index contributed by atoms with van der Waals surface area (Å²) in [6, 6.07) is 11.1. The minimum atomic E-state index is -0.746. The van der Waals surface area contributed by atoms with Crippen molar-refractivity contribution in [2.45, 2.75) is 6.92 Å². The van der Waals surface area contributed by atoms with Crippen LogP contribution < -0.4 is 9.47 Å². The molecule has 3 aromatic rings. The van der Waals surface area contributed by atoms with Gasteiger partial charge in [-0.2, -0.15) is 4.98 Å². The lowest BCUT2D eigenvalue weighted by Gasteiger charge is -2.03. The maximum Gasteiger partial charge on any atom is 0.385 e. The fourth-order valence-corrected chi connectivity index (χ4v) is 2.25. The number of ether oxygens (including phenoxy) is 2. The normalized spacial score (nSPS) is 10.8. The highest BCUT2D eigenvalue weighted by atomic mass is 35.5. The van der Waals surface area contributed by atoms with Gasteiger partial charge in [0.05, 0.1) is 17.8 Å².